The molecular weight excluding hydrogens is 335 g/mol. The molecule has 1 atom stereocenters. The number of carbonyl (C=O) groups excluding carboxylic acids is 2. The Labute approximate surface area is 143 Å². The van der Waals surface area contributed by atoms with Gasteiger partial charge in [-0.3, -0.25) is 9.59 Å². The highest BCUT2D eigenvalue weighted by Crippen LogP contribution is 2.21. The Morgan fingerprint density at radius 1 is 1.09 bits per heavy atom. The van der Waals surface area contributed by atoms with Gasteiger partial charge in [0.25, 0.3) is 0 Å². The molecule has 0 heterocycles. The Balaban J connectivity index is 2.20. The van der Waals surface area contributed by atoms with Crippen LogP contribution in [0, 0.1) is 24.2 Å². The van der Waals surface area contributed by atoms with Crippen LogP contribution in [0.25, 0.3) is 0 Å². The molecule has 0 aromatic heterocycles. The molecule has 116 valence electrons. The molecule has 1 N–H and O–H groups in total. The number of Topliss-reactive ketones (excluding diaryl/α,β-unsaturated/α-hetero) is 1. The number of nitriles is 1. The fourth-order valence-corrected chi connectivity index (χ4v) is 2.34. The summed E-state index contributed by atoms with van der Waals surface area (Å²) < 4.78 is 0. The standard InChI is InChI=1S/C17H12Cl2N2O2/c1-10-8-13(19)6-7-15(10)21-17(23)14(9-20)16(22)11-2-4-12(18)5-3-11/h2-8,14H,1H3,(H,21,23). The molecule has 2 rings (SSSR count). The molecule has 6 heteroatoms. The summed E-state index contributed by atoms with van der Waals surface area (Å²) in [6.07, 6.45) is 0. The van der Waals surface area contributed by atoms with Gasteiger partial charge in [0.05, 0.1) is 6.07 Å². The molecule has 2 aromatic carbocycles. The van der Waals surface area contributed by atoms with Crippen LogP contribution in [0.4, 0.5) is 5.69 Å². The quantitative estimate of drug-likeness (QED) is 0.663. The number of hydrogen-bond donors (Lipinski definition) is 1. The third-order valence-electron chi connectivity index (χ3n) is 3.23. The molecule has 0 aliphatic rings. The van der Waals surface area contributed by atoms with Gasteiger partial charge in [-0.25, -0.2) is 0 Å². The second kappa shape index (κ2) is 7.28. The average molecular weight is 347 g/mol. The Morgan fingerprint density at radius 2 is 1.70 bits per heavy atom. The lowest BCUT2D eigenvalue weighted by molar-refractivity contribution is -0.117. The fourth-order valence-electron chi connectivity index (χ4n) is 1.99. The predicted molar refractivity (Wildman–Crippen MR) is 89.7 cm³/mol. The molecule has 2 aromatic rings. The SMILES string of the molecule is Cc1cc(Cl)ccc1NC(=O)C(C#N)C(=O)c1ccc(Cl)cc1. The van der Waals surface area contributed by atoms with Crippen molar-refractivity contribution in [1.29, 1.82) is 5.26 Å². The van der Waals surface area contributed by atoms with Crippen molar-refractivity contribution < 1.29 is 9.59 Å². The van der Waals surface area contributed by atoms with E-state index in [0.717, 1.165) is 5.56 Å². The topological polar surface area (TPSA) is 70.0 Å². The van der Waals surface area contributed by atoms with Gasteiger partial charge in [0.2, 0.25) is 5.91 Å². The summed E-state index contributed by atoms with van der Waals surface area (Å²) in [5.74, 6) is -2.70. The first-order valence-electron chi connectivity index (χ1n) is 6.69. The first kappa shape index (κ1) is 17.0. The van der Waals surface area contributed by atoms with Crippen LogP contribution in [0.5, 0.6) is 0 Å². The Kier molecular flexibility index (Phi) is 5.38. The number of carbonyl (C=O) groups is 2. The minimum absolute atomic E-state index is 0.254. The van der Waals surface area contributed by atoms with Crippen molar-refractivity contribution in [3.8, 4) is 6.07 Å². The van der Waals surface area contributed by atoms with Gasteiger partial charge in [-0.1, -0.05) is 23.2 Å². The van der Waals surface area contributed by atoms with Gasteiger partial charge >= 0.3 is 0 Å². The molecule has 1 amide bonds. The van der Waals surface area contributed by atoms with E-state index in [-0.39, 0.29) is 5.56 Å². The number of anilines is 1. The zero-order valence-electron chi connectivity index (χ0n) is 12.1. The third-order valence-corrected chi connectivity index (χ3v) is 3.72. The van der Waals surface area contributed by atoms with E-state index in [1.807, 2.05) is 0 Å². The molecular formula is C17H12Cl2N2O2. The zero-order valence-corrected chi connectivity index (χ0v) is 13.7. The first-order chi connectivity index (χ1) is 10.9. The zero-order chi connectivity index (χ0) is 17.0. The molecule has 0 saturated carbocycles. The smallest absolute Gasteiger partial charge is 0.249 e. The molecule has 0 spiro atoms. The minimum Gasteiger partial charge on any atom is -0.324 e. The second-order valence-corrected chi connectivity index (χ2v) is 5.75. The normalized spacial score (nSPS) is 11.4. The molecule has 0 fully saturated rings. The number of nitrogens with one attached hydrogen (secondary N) is 1. The summed E-state index contributed by atoms with van der Waals surface area (Å²) in [4.78, 5) is 24.6. The average Bonchev–Trinajstić information content (AvgIpc) is 2.51. The Morgan fingerprint density at radius 3 is 2.26 bits per heavy atom. The second-order valence-electron chi connectivity index (χ2n) is 4.88. The van der Waals surface area contributed by atoms with Crippen LogP contribution in [0.1, 0.15) is 15.9 Å². The number of amides is 1. The summed E-state index contributed by atoms with van der Waals surface area (Å²) in [7, 11) is 0. The first-order valence-corrected chi connectivity index (χ1v) is 7.44. The van der Waals surface area contributed by atoms with E-state index in [1.54, 1.807) is 31.2 Å². The van der Waals surface area contributed by atoms with Crippen LogP contribution < -0.4 is 5.32 Å². The van der Waals surface area contributed by atoms with E-state index in [0.29, 0.717) is 15.7 Å². The summed E-state index contributed by atoms with van der Waals surface area (Å²) in [5, 5.41) is 12.8. The van der Waals surface area contributed by atoms with E-state index >= 15 is 0 Å². The lowest BCUT2D eigenvalue weighted by Gasteiger charge is -2.12. The van der Waals surface area contributed by atoms with E-state index in [1.165, 1.54) is 24.3 Å². The lowest BCUT2D eigenvalue weighted by Crippen LogP contribution is -2.29. The van der Waals surface area contributed by atoms with Crippen molar-refractivity contribution in [1.82, 2.24) is 0 Å². The maximum Gasteiger partial charge on any atom is 0.249 e. The summed E-state index contributed by atoms with van der Waals surface area (Å²) in [6, 6.07) is 12.7. The third kappa shape index (κ3) is 4.10. The van der Waals surface area contributed by atoms with Crippen molar-refractivity contribution in [2.75, 3.05) is 5.32 Å². The molecule has 0 radical (unpaired) electrons. The summed E-state index contributed by atoms with van der Waals surface area (Å²) in [6.45, 7) is 1.77. The highest BCUT2D eigenvalue weighted by atomic mass is 35.5. The molecule has 0 saturated heterocycles. The molecule has 1 unspecified atom stereocenters. The van der Waals surface area contributed by atoms with Gasteiger partial charge in [0, 0.05) is 21.3 Å². The van der Waals surface area contributed by atoms with E-state index in [4.69, 9.17) is 23.2 Å². The lowest BCUT2D eigenvalue weighted by atomic mass is 9.98. The monoisotopic (exact) mass is 346 g/mol. The number of nitrogens with zero attached hydrogens (tertiary/aromatic N) is 1. The van der Waals surface area contributed by atoms with Crippen LogP contribution in [0.2, 0.25) is 10.0 Å². The summed E-state index contributed by atoms with van der Waals surface area (Å²) in [5.41, 5.74) is 1.49. The number of rotatable bonds is 4. The van der Waals surface area contributed by atoms with Gasteiger partial charge in [-0.05, 0) is 55.0 Å². The van der Waals surface area contributed by atoms with Crippen LogP contribution in [0.3, 0.4) is 0 Å². The molecule has 0 aliphatic carbocycles. The number of ketones is 1. The van der Waals surface area contributed by atoms with Crippen LogP contribution in [-0.4, -0.2) is 11.7 Å². The van der Waals surface area contributed by atoms with Crippen LogP contribution in [0.15, 0.2) is 42.5 Å². The maximum absolute atomic E-state index is 12.3. The van der Waals surface area contributed by atoms with Crippen molar-refractivity contribution in [2.45, 2.75) is 6.92 Å². The van der Waals surface area contributed by atoms with Crippen molar-refractivity contribution in [3.05, 3.63) is 63.6 Å². The molecule has 0 aliphatic heterocycles. The van der Waals surface area contributed by atoms with E-state index < -0.39 is 17.6 Å². The minimum atomic E-state index is -1.44. The maximum atomic E-state index is 12.3. The van der Waals surface area contributed by atoms with Crippen LogP contribution in [-0.2, 0) is 4.79 Å². The van der Waals surface area contributed by atoms with Crippen molar-refractivity contribution in [2.24, 2.45) is 5.92 Å². The molecule has 23 heavy (non-hydrogen) atoms. The highest BCUT2D eigenvalue weighted by Gasteiger charge is 2.27. The van der Waals surface area contributed by atoms with Gasteiger partial charge < -0.3 is 5.32 Å². The van der Waals surface area contributed by atoms with Crippen LogP contribution >= 0.6 is 23.2 Å². The van der Waals surface area contributed by atoms with Gasteiger partial charge in [0.15, 0.2) is 11.7 Å². The van der Waals surface area contributed by atoms with Gasteiger partial charge in [-0.15, -0.1) is 0 Å². The Hall–Kier alpha value is -2.35. The highest BCUT2D eigenvalue weighted by molar-refractivity contribution is 6.31. The Bertz CT molecular complexity index is 795. The largest absolute Gasteiger partial charge is 0.324 e. The number of benzene rings is 2. The van der Waals surface area contributed by atoms with Gasteiger partial charge in [0.1, 0.15) is 0 Å². The summed E-state index contributed by atoms with van der Waals surface area (Å²) >= 11 is 11.6. The van der Waals surface area contributed by atoms with Crippen molar-refractivity contribution in [3.63, 3.8) is 0 Å². The molecule has 0 bridgehead atoms. The predicted octanol–water partition coefficient (Wildman–Crippen LogP) is 4.26. The van der Waals surface area contributed by atoms with Crippen molar-refractivity contribution >= 4 is 40.6 Å². The van der Waals surface area contributed by atoms with E-state index in [2.05, 4.69) is 5.32 Å². The molecule has 4 nitrogen and oxygen atoms in total. The number of halogens is 2. The fraction of sp³-hybridized carbons (Fsp3) is 0.118. The van der Waals surface area contributed by atoms with Gasteiger partial charge in [-0.2, -0.15) is 5.26 Å². The van der Waals surface area contributed by atoms with E-state index in [9.17, 15) is 14.9 Å². The number of aryl methyl sites for hydroxylation is 1. The number of hydrogen-bond acceptors (Lipinski definition) is 3.